The second-order valence-electron chi connectivity index (χ2n) is 8.41. The number of aromatic nitrogens is 2. The molecule has 0 radical (unpaired) electrons. The van der Waals surface area contributed by atoms with Gasteiger partial charge in [-0.3, -0.25) is 14.3 Å². The molecule has 1 aromatic heterocycles. The summed E-state index contributed by atoms with van der Waals surface area (Å²) in [6, 6.07) is 16.6. The zero-order valence-electron chi connectivity index (χ0n) is 19.5. The number of nitrogens with zero attached hydrogens (tertiary/aromatic N) is 4. The van der Waals surface area contributed by atoms with E-state index >= 15 is 0 Å². The molecule has 1 fully saturated rings. The van der Waals surface area contributed by atoms with Crippen LogP contribution in [0.2, 0.25) is 0 Å². The van der Waals surface area contributed by atoms with Crippen LogP contribution in [0.15, 0.2) is 66.1 Å². The summed E-state index contributed by atoms with van der Waals surface area (Å²) in [4.78, 5) is 22.1. The van der Waals surface area contributed by atoms with Crippen molar-refractivity contribution in [1.82, 2.24) is 24.7 Å². The van der Waals surface area contributed by atoms with Crippen molar-refractivity contribution in [3.05, 3.63) is 77.6 Å². The van der Waals surface area contributed by atoms with Gasteiger partial charge in [0.15, 0.2) is 5.16 Å². The molecule has 0 unspecified atom stereocenters. The molecule has 0 bridgehead atoms. The van der Waals surface area contributed by atoms with Crippen molar-refractivity contribution in [2.24, 2.45) is 0 Å². The number of likely N-dealkylation sites (N-methyl/N-ethyl adjacent to an activating group) is 1. The summed E-state index contributed by atoms with van der Waals surface area (Å²) in [5.41, 5.74) is 4.75. The van der Waals surface area contributed by atoms with Gasteiger partial charge in [-0.2, -0.15) is 0 Å². The average Bonchev–Trinajstić information content (AvgIpc) is 3.31. The Morgan fingerprint density at radius 1 is 1.00 bits per heavy atom. The fraction of sp³-hybridized carbons (Fsp3) is 0.385. The molecule has 33 heavy (non-hydrogen) atoms. The summed E-state index contributed by atoms with van der Waals surface area (Å²) in [5, 5.41) is 3.93. The van der Waals surface area contributed by atoms with Gasteiger partial charge in [0.05, 0.1) is 11.4 Å². The molecule has 0 spiro atoms. The van der Waals surface area contributed by atoms with Gasteiger partial charge < -0.3 is 10.2 Å². The molecule has 2 heterocycles. The lowest BCUT2D eigenvalue weighted by Crippen LogP contribution is -2.45. The quantitative estimate of drug-likeness (QED) is 0.490. The first-order valence-electron chi connectivity index (χ1n) is 11.6. The lowest BCUT2D eigenvalue weighted by atomic mass is 10.1. The van der Waals surface area contributed by atoms with Crippen molar-refractivity contribution in [3.63, 3.8) is 0 Å². The minimum atomic E-state index is 0.0192. The van der Waals surface area contributed by atoms with Crippen LogP contribution in [0.5, 0.6) is 0 Å². The minimum Gasteiger partial charge on any atom is -0.351 e. The van der Waals surface area contributed by atoms with Crippen molar-refractivity contribution >= 4 is 17.7 Å². The van der Waals surface area contributed by atoms with Crippen molar-refractivity contribution in [2.75, 3.05) is 38.5 Å². The molecule has 3 aromatic rings. The largest absolute Gasteiger partial charge is 0.351 e. The number of rotatable bonds is 9. The number of hydrogen-bond donors (Lipinski definition) is 1. The lowest BCUT2D eigenvalue weighted by Gasteiger charge is -2.34. The van der Waals surface area contributed by atoms with Gasteiger partial charge in [-0.25, -0.2) is 4.98 Å². The van der Waals surface area contributed by atoms with Crippen LogP contribution >= 0.6 is 11.8 Å². The van der Waals surface area contributed by atoms with E-state index in [4.69, 9.17) is 0 Å². The van der Waals surface area contributed by atoms with Gasteiger partial charge in [0.1, 0.15) is 0 Å². The minimum absolute atomic E-state index is 0.0192. The van der Waals surface area contributed by atoms with E-state index in [2.05, 4.69) is 64.3 Å². The summed E-state index contributed by atoms with van der Waals surface area (Å²) in [6.07, 6.45) is 3.72. The number of para-hydroxylation sites is 1. The Hall–Kier alpha value is -2.61. The van der Waals surface area contributed by atoms with E-state index in [1.807, 2.05) is 29.0 Å². The zero-order valence-corrected chi connectivity index (χ0v) is 20.4. The molecule has 2 aromatic carbocycles. The van der Waals surface area contributed by atoms with Gasteiger partial charge in [-0.05, 0) is 36.2 Å². The van der Waals surface area contributed by atoms with Gasteiger partial charge in [-0.1, -0.05) is 61.2 Å². The Morgan fingerprint density at radius 2 is 1.70 bits per heavy atom. The van der Waals surface area contributed by atoms with E-state index < -0.39 is 0 Å². The molecule has 1 N–H and O–H groups in total. The summed E-state index contributed by atoms with van der Waals surface area (Å²) >= 11 is 1.46. The zero-order chi connectivity index (χ0) is 23.0. The average molecular weight is 464 g/mol. The molecular weight excluding hydrogens is 430 g/mol. The number of carbonyl (C=O) groups excluding carboxylic acids is 1. The van der Waals surface area contributed by atoms with Crippen LogP contribution in [-0.4, -0.2) is 63.7 Å². The molecular formula is C26H33N5OS. The molecule has 0 atom stereocenters. The third-order valence-corrected chi connectivity index (χ3v) is 7.18. The SMILES string of the molecule is CCN1CCN(Cc2ccccc2CNC(=O)CSc2nccn2-c2ccccc2C)CC1. The summed E-state index contributed by atoms with van der Waals surface area (Å²) in [6.45, 7) is 11.4. The van der Waals surface area contributed by atoms with Gasteiger partial charge in [-0.15, -0.1) is 0 Å². The highest BCUT2D eigenvalue weighted by Crippen LogP contribution is 2.22. The monoisotopic (exact) mass is 463 g/mol. The topological polar surface area (TPSA) is 53.4 Å². The molecule has 7 heteroatoms. The highest BCUT2D eigenvalue weighted by Gasteiger charge is 2.17. The molecule has 1 amide bonds. The van der Waals surface area contributed by atoms with Gasteiger partial charge in [0.2, 0.25) is 5.91 Å². The second-order valence-corrected chi connectivity index (χ2v) is 9.35. The standard InChI is InChI=1S/C26H33N5OS/c1-3-29-14-16-30(17-15-29)19-23-10-6-5-9-22(23)18-28-25(32)20-33-26-27-12-13-31(26)24-11-7-4-8-21(24)2/h4-13H,3,14-20H2,1-2H3,(H,28,32). The number of piperazine rings is 1. The van der Waals surface area contributed by atoms with E-state index in [-0.39, 0.29) is 5.91 Å². The Labute approximate surface area is 201 Å². The van der Waals surface area contributed by atoms with Crippen molar-refractivity contribution in [1.29, 1.82) is 0 Å². The van der Waals surface area contributed by atoms with Crippen LogP contribution in [0.25, 0.3) is 5.69 Å². The van der Waals surface area contributed by atoms with E-state index in [9.17, 15) is 4.79 Å². The van der Waals surface area contributed by atoms with Crippen LogP contribution in [0, 0.1) is 6.92 Å². The maximum atomic E-state index is 12.6. The molecule has 1 saturated heterocycles. The number of thioether (sulfide) groups is 1. The smallest absolute Gasteiger partial charge is 0.230 e. The predicted octanol–water partition coefficient (Wildman–Crippen LogP) is 3.73. The third-order valence-electron chi connectivity index (χ3n) is 6.21. The molecule has 4 rings (SSSR count). The van der Waals surface area contributed by atoms with Gasteiger partial charge in [0.25, 0.3) is 0 Å². The normalized spacial score (nSPS) is 15.0. The molecule has 1 aliphatic rings. The van der Waals surface area contributed by atoms with Crippen molar-refractivity contribution in [2.45, 2.75) is 32.1 Å². The van der Waals surface area contributed by atoms with Crippen LogP contribution in [0.1, 0.15) is 23.6 Å². The number of benzene rings is 2. The highest BCUT2D eigenvalue weighted by molar-refractivity contribution is 7.99. The number of imidazole rings is 1. The fourth-order valence-corrected chi connectivity index (χ4v) is 4.97. The molecule has 1 aliphatic heterocycles. The number of nitrogens with one attached hydrogen (secondary N) is 1. The Kier molecular flexibility index (Phi) is 8.20. The van der Waals surface area contributed by atoms with Gasteiger partial charge >= 0.3 is 0 Å². The Balaban J connectivity index is 1.30. The summed E-state index contributed by atoms with van der Waals surface area (Å²) in [7, 11) is 0. The van der Waals surface area contributed by atoms with E-state index in [1.54, 1.807) is 6.20 Å². The summed E-state index contributed by atoms with van der Waals surface area (Å²) in [5.74, 6) is 0.357. The maximum Gasteiger partial charge on any atom is 0.230 e. The third kappa shape index (κ3) is 6.25. The van der Waals surface area contributed by atoms with Crippen LogP contribution in [-0.2, 0) is 17.9 Å². The van der Waals surface area contributed by atoms with Gasteiger partial charge in [0, 0.05) is 51.7 Å². The maximum absolute atomic E-state index is 12.6. The number of hydrogen-bond acceptors (Lipinski definition) is 5. The Morgan fingerprint density at radius 3 is 2.45 bits per heavy atom. The molecule has 0 aliphatic carbocycles. The Bertz CT molecular complexity index is 1060. The second kappa shape index (κ2) is 11.5. The molecule has 174 valence electrons. The van der Waals surface area contributed by atoms with Crippen LogP contribution < -0.4 is 5.32 Å². The van der Waals surface area contributed by atoms with E-state index in [0.717, 1.165) is 50.1 Å². The highest BCUT2D eigenvalue weighted by atomic mass is 32.2. The molecule has 6 nitrogen and oxygen atoms in total. The first-order valence-corrected chi connectivity index (χ1v) is 12.6. The molecule has 0 saturated carbocycles. The first-order chi connectivity index (χ1) is 16.1. The lowest BCUT2D eigenvalue weighted by molar-refractivity contribution is -0.118. The fourth-order valence-electron chi connectivity index (χ4n) is 4.18. The predicted molar refractivity (Wildman–Crippen MR) is 135 cm³/mol. The number of amides is 1. The first kappa shape index (κ1) is 23.5. The van der Waals surface area contributed by atoms with E-state index in [1.165, 1.54) is 28.5 Å². The van der Waals surface area contributed by atoms with E-state index in [0.29, 0.717) is 12.3 Å². The number of carbonyl (C=O) groups is 1. The van der Waals surface area contributed by atoms with Crippen molar-refractivity contribution < 1.29 is 4.79 Å². The van der Waals surface area contributed by atoms with Crippen LogP contribution in [0.4, 0.5) is 0 Å². The summed E-state index contributed by atoms with van der Waals surface area (Å²) < 4.78 is 2.04. The van der Waals surface area contributed by atoms with Crippen molar-refractivity contribution in [3.8, 4) is 5.69 Å². The number of aryl methyl sites for hydroxylation is 1. The van der Waals surface area contributed by atoms with Crippen LogP contribution in [0.3, 0.4) is 0 Å².